The van der Waals surface area contributed by atoms with E-state index in [1.54, 1.807) is 6.33 Å². The molecule has 0 aromatic carbocycles. The average molecular weight is 185 g/mol. The van der Waals surface area contributed by atoms with Gasteiger partial charge in [-0.25, -0.2) is 15.0 Å². The lowest BCUT2D eigenvalue weighted by Crippen LogP contribution is -1.93. The van der Waals surface area contributed by atoms with Crippen molar-refractivity contribution in [2.75, 3.05) is 0 Å². The predicted octanol–water partition coefficient (Wildman–Crippen LogP) is 2.21. The van der Waals surface area contributed by atoms with Crippen molar-refractivity contribution in [3.63, 3.8) is 0 Å². The van der Waals surface area contributed by atoms with E-state index in [4.69, 9.17) is 0 Å². The van der Waals surface area contributed by atoms with E-state index in [0.29, 0.717) is 0 Å². The molecule has 1 aliphatic rings. The second-order valence-electron chi connectivity index (χ2n) is 3.87. The number of rotatable bonds is 1. The smallest absolute Gasteiger partial charge is 0.162 e. The molecule has 0 radical (unpaired) electrons. The molecule has 0 bridgehead atoms. The summed E-state index contributed by atoms with van der Waals surface area (Å²) in [5, 5.41) is 1.06. The zero-order chi connectivity index (χ0) is 9.54. The van der Waals surface area contributed by atoms with Gasteiger partial charge in [0.25, 0.3) is 0 Å². The molecule has 0 spiro atoms. The largest absolute Gasteiger partial charge is 0.244 e. The van der Waals surface area contributed by atoms with Gasteiger partial charge in [-0.15, -0.1) is 0 Å². The molecular formula is C11H11N3. The number of hydrogen-bond acceptors (Lipinski definition) is 3. The summed E-state index contributed by atoms with van der Waals surface area (Å²) in [6.45, 7) is 2.06. The van der Waals surface area contributed by atoms with Crippen molar-refractivity contribution in [2.45, 2.75) is 25.7 Å². The van der Waals surface area contributed by atoms with Crippen LogP contribution in [0, 0.1) is 6.92 Å². The lowest BCUT2D eigenvalue weighted by Gasteiger charge is -2.04. The van der Waals surface area contributed by atoms with Gasteiger partial charge in [-0.1, -0.05) is 0 Å². The number of aryl methyl sites for hydroxylation is 1. The summed E-state index contributed by atoms with van der Waals surface area (Å²) in [4.78, 5) is 12.6. The summed E-state index contributed by atoms with van der Waals surface area (Å²) in [6.07, 6.45) is 6.00. The first-order chi connectivity index (χ1) is 6.84. The molecule has 70 valence electrons. The van der Waals surface area contributed by atoms with Crippen molar-refractivity contribution in [1.82, 2.24) is 15.0 Å². The van der Waals surface area contributed by atoms with E-state index in [1.165, 1.54) is 18.4 Å². The Labute approximate surface area is 82.2 Å². The summed E-state index contributed by atoms with van der Waals surface area (Å²) >= 11 is 0. The van der Waals surface area contributed by atoms with Crippen LogP contribution in [0.3, 0.4) is 0 Å². The first-order valence-electron chi connectivity index (χ1n) is 4.92. The molecule has 14 heavy (non-hydrogen) atoms. The van der Waals surface area contributed by atoms with Crippen molar-refractivity contribution in [2.24, 2.45) is 0 Å². The SMILES string of the molecule is Cc1nc2ncncc2cc1C1CC1. The highest BCUT2D eigenvalue weighted by atomic mass is 14.9. The van der Waals surface area contributed by atoms with Gasteiger partial charge in [0, 0.05) is 17.3 Å². The third-order valence-electron chi connectivity index (χ3n) is 2.74. The molecule has 1 fully saturated rings. The molecule has 0 atom stereocenters. The number of aromatic nitrogens is 3. The first-order valence-corrected chi connectivity index (χ1v) is 4.92. The van der Waals surface area contributed by atoms with Crippen LogP contribution in [0.1, 0.15) is 30.0 Å². The molecule has 0 N–H and O–H groups in total. The monoisotopic (exact) mass is 185 g/mol. The Morgan fingerprint density at radius 1 is 1.36 bits per heavy atom. The molecule has 2 aromatic rings. The Hall–Kier alpha value is -1.51. The highest BCUT2D eigenvalue weighted by Crippen LogP contribution is 2.41. The maximum atomic E-state index is 4.49. The summed E-state index contributed by atoms with van der Waals surface area (Å²) < 4.78 is 0. The van der Waals surface area contributed by atoms with E-state index in [-0.39, 0.29) is 0 Å². The topological polar surface area (TPSA) is 38.7 Å². The van der Waals surface area contributed by atoms with Gasteiger partial charge < -0.3 is 0 Å². The zero-order valence-corrected chi connectivity index (χ0v) is 8.07. The summed E-state index contributed by atoms with van der Waals surface area (Å²) in [6, 6.07) is 2.19. The Kier molecular flexibility index (Phi) is 1.54. The van der Waals surface area contributed by atoms with E-state index < -0.39 is 0 Å². The van der Waals surface area contributed by atoms with E-state index in [1.807, 2.05) is 6.20 Å². The average Bonchev–Trinajstić information content (AvgIpc) is 3.00. The number of pyridine rings is 1. The van der Waals surface area contributed by atoms with Crippen LogP contribution in [-0.2, 0) is 0 Å². The van der Waals surface area contributed by atoms with Gasteiger partial charge in [-0.3, -0.25) is 0 Å². The van der Waals surface area contributed by atoms with Crippen LogP contribution >= 0.6 is 0 Å². The number of fused-ring (bicyclic) bond motifs is 1. The van der Waals surface area contributed by atoms with E-state index in [0.717, 1.165) is 22.6 Å². The van der Waals surface area contributed by atoms with E-state index in [9.17, 15) is 0 Å². The minimum atomic E-state index is 0.743. The molecule has 2 aromatic heterocycles. The Morgan fingerprint density at radius 3 is 3.00 bits per heavy atom. The molecule has 0 amide bonds. The molecular weight excluding hydrogens is 174 g/mol. The van der Waals surface area contributed by atoms with Crippen LogP contribution in [0.2, 0.25) is 0 Å². The molecule has 0 saturated heterocycles. The summed E-state index contributed by atoms with van der Waals surface area (Å²) in [5.74, 6) is 0.743. The van der Waals surface area contributed by atoms with Gasteiger partial charge in [0.2, 0.25) is 0 Å². The van der Waals surface area contributed by atoms with Gasteiger partial charge in [0.1, 0.15) is 6.33 Å². The van der Waals surface area contributed by atoms with Crippen LogP contribution in [0.4, 0.5) is 0 Å². The highest BCUT2D eigenvalue weighted by molar-refractivity contribution is 5.74. The minimum absolute atomic E-state index is 0.743. The standard InChI is InChI=1S/C11H11N3/c1-7-10(8-2-3-8)4-9-5-12-6-13-11(9)14-7/h4-6,8H,2-3H2,1H3. The molecule has 1 saturated carbocycles. The maximum absolute atomic E-state index is 4.49. The Balaban J connectivity index is 2.26. The third kappa shape index (κ3) is 1.16. The molecule has 0 aliphatic heterocycles. The van der Waals surface area contributed by atoms with Gasteiger partial charge in [-0.2, -0.15) is 0 Å². The second kappa shape index (κ2) is 2.74. The predicted molar refractivity (Wildman–Crippen MR) is 54.0 cm³/mol. The molecule has 0 unspecified atom stereocenters. The highest BCUT2D eigenvalue weighted by Gasteiger charge is 2.25. The minimum Gasteiger partial charge on any atom is -0.244 e. The Morgan fingerprint density at radius 2 is 2.21 bits per heavy atom. The number of nitrogens with zero attached hydrogens (tertiary/aromatic N) is 3. The third-order valence-corrected chi connectivity index (χ3v) is 2.74. The van der Waals surface area contributed by atoms with Crippen LogP contribution in [0.5, 0.6) is 0 Å². The fraction of sp³-hybridized carbons (Fsp3) is 0.364. The van der Waals surface area contributed by atoms with Crippen LogP contribution in [0.15, 0.2) is 18.6 Å². The van der Waals surface area contributed by atoms with Crippen LogP contribution < -0.4 is 0 Å². The zero-order valence-electron chi connectivity index (χ0n) is 8.07. The fourth-order valence-corrected chi connectivity index (χ4v) is 1.83. The van der Waals surface area contributed by atoms with Crippen molar-refractivity contribution in [1.29, 1.82) is 0 Å². The van der Waals surface area contributed by atoms with Crippen molar-refractivity contribution in [3.05, 3.63) is 29.8 Å². The molecule has 3 heteroatoms. The quantitative estimate of drug-likeness (QED) is 0.683. The first kappa shape index (κ1) is 7.85. The van der Waals surface area contributed by atoms with Crippen molar-refractivity contribution < 1.29 is 0 Å². The summed E-state index contributed by atoms with van der Waals surface area (Å²) in [7, 11) is 0. The molecule has 1 aliphatic carbocycles. The normalized spacial score (nSPS) is 16.1. The van der Waals surface area contributed by atoms with E-state index in [2.05, 4.69) is 27.9 Å². The van der Waals surface area contributed by atoms with Gasteiger partial charge in [0.05, 0.1) is 0 Å². The number of hydrogen-bond donors (Lipinski definition) is 0. The van der Waals surface area contributed by atoms with Gasteiger partial charge >= 0.3 is 0 Å². The lowest BCUT2D eigenvalue weighted by atomic mass is 10.1. The molecule has 3 nitrogen and oxygen atoms in total. The van der Waals surface area contributed by atoms with Crippen molar-refractivity contribution >= 4 is 11.0 Å². The van der Waals surface area contributed by atoms with Crippen LogP contribution in [0.25, 0.3) is 11.0 Å². The lowest BCUT2D eigenvalue weighted by molar-refractivity contribution is 1.04. The van der Waals surface area contributed by atoms with E-state index >= 15 is 0 Å². The van der Waals surface area contributed by atoms with Gasteiger partial charge in [-0.05, 0) is 37.3 Å². The second-order valence-corrected chi connectivity index (χ2v) is 3.87. The Bertz CT molecular complexity index is 489. The molecule has 2 heterocycles. The fourth-order valence-electron chi connectivity index (χ4n) is 1.83. The maximum Gasteiger partial charge on any atom is 0.162 e. The summed E-state index contributed by atoms with van der Waals surface area (Å²) in [5.41, 5.74) is 3.31. The van der Waals surface area contributed by atoms with Crippen LogP contribution in [-0.4, -0.2) is 15.0 Å². The van der Waals surface area contributed by atoms with Gasteiger partial charge in [0.15, 0.2) is 5.65 Å². The molecule has 3 rings (SSSR count). The van der Waals surface area contributed by atoms with Crippen molar-refractivity contribution in [3.8, 4) is 0 Å².